The van der Waals surface area contributed by atoms with E-state index in [9.17, 15) is 33.6 Å². The zero-order chi connectivity index (χ0) is 55.8. The van der Waals surface area contributed by atoms with Crippen molar-refractivity contribution in [2.75, 3.05) is 44.4 Å². The number of hydrogen-bond donors (Lipinski definition) is 7. The fourth-order valence-electron chi connectivity index (χ4n) is 9.48. The summed E-state index contributed by atoms with van der Waals surface area (Å²) in [6.07, 6.45) is 15.7. The van der Waals surface area contributed by atoms with Gasteiger partial charge in [-0.1, -0.05) is 37.7 Å². The van der Waals surface area contributed by atoms with Gasteiger partial charge in [-0.25, -0.2) is 19.6 Å². The summed E-state index contributed by atoms with van der Waals surface area (Å²) in [5.74, 6) is 4.88. The number of rotatable bonds is 31. The number of benzene rings is 1. The zero-order valence-electron chi connectivity index (χ0n) is 46.2. The van der Waals surface area contributed by atoms with Gasteiger partial charge in [0, 0.05) is 85.7 Å². The molecule has 4 aliphatic rings. The van der Waals surface area contributed by atoms with E-state index in [0.717, 1.165) is 75.7 Å². The number of ether oxygens (including phenoxy) is 3. The van der Waals surface area contributed by atoms with Crippen LogP contribution in [0, 0.1) is 12.3 Å². The van der Waals surface area contributed by atoms with Crippen molar-refractivity contribution >= 4 is 76.9 Å². The molecule has 7 N–H and O–H groups in total. The molecule has 0 spiro atoms. The van der Waals surface area contributed by atoms with E-state index in [4.69, 9.17) is 30.6 Å². The number of Topliss-reactive ketones (excluding diaryl/α,β-unsaturated/α-hetero) is 2. The Balaban J connectivity index is 0.927. The molecule has 0 radical (unpaired) electrons. The van der Waals surface area contributed by atoms with Gasteiger partial charge < -0.3 is 40.8 Å². The van der Waals surface area contributed by atoms with Crippen LogP contribution in [0.2, 0.25) is 0 Å². The van der Waals surface area contributed by atoms with Crippen LogP contribution in [0.25, 0.3) is 0 Å². The summed E-state index contributed by atoms with van der Waals surface area (Å²) in [6.45, 7) is 12.6. The maximum Gasteiger partial charge on any atom is 0.414 e. The first kappa shape index (κ1) is 62.5. The second-order valence-electron chi connectivity index (χ2n) is 22.2. The first-order chi connectivity index (χ1) is 36.7. The molecule has 2 saturated heterocycles. The highest BCUT2D eigenvalue weighted by Crippen LogP contribution is 2.36. The summed E-state index contributed by atoms with van der Waals surface area (Å²) in [6, 6.07) is 5.75. The van der Waals surface area contributed by atoms with Crippen LogP contribution in [0.1, 0.15) is 166 Å². The molecule has 5 rings (SSSR count). The van der Waals surface area contributed by atoms with Gasteiger partial charge in [-0.3, -0.25) is 34.6 Å². The number of alkyl carbamates (subject to hydrolysis) is 2. The first-order valence-electron chi connectivity index (χ1n) is 27.6. The molecule has 0 aliphatic carbocycles. The lowest BCUT2D eigenvalue weighted by molar-refractivity contribution is -0.122. The zero-order valence-corrected chi connectivity index (χ0v) is 47.9. The number of amides is 5. The monoisotopic (exact) mass is 1110 g/mol. The van der Waals surface area contributed by atoms with Crippen molar-refractivity contribution in [3.63, 3.8) is 0 Å². The number of nitrogens with one attached hydrogen (secondary N) is 7. The summed E-state index contributed by atoms with van der Waals surface area (Å²) in [5, 5.41) is 21.5. The molecule has 77 heavy (non-hydrogen) atoms. The van der Waals surface area contributed by atoms with Crippen molar-refractivity contribution in [2.24, 2.45) is 9.98 Å². The minimum atomic E-state index is -0.593. The maximum atomic E-state index is 13.2. The van der Waals surface area contributed by atoms with Gasteiger partial charge in [0.1, 0.15) is 29.4 Å². The number of guanidine groups is 2. The van der Waals surface area contributed by atoms with Gasteiger partial charge in [-0.2, -0.15) is 23.5 Å². The van der Waals surface area contributed by atoms with Gasteiger partial charge in [-0.05, 0) is 116 Å². The number of unbranched alkanes of at least 4 members (excludes halogenated alkanes) is 6. The molecule has 426 valence electrons. The topological polar surface area (TPSA) is 256 Å². The molecule has 0 saturated carbocycles. The SMILES string of the molecule is C#CCOCCNC(=O)c1cc(CC(=O)CCCCCNC(=O)CCCCC2SCC3NC(NC(=O)OC(C)(C)C)=NC32)cc(CC(=O)CCCCCNC(=O)CCCCC2SCC3NC(NC(=O)OC(C)(C)C)=NC32)c1. The van der Waals surface area contributed by atoms with Gasteiger partial charge in [0.25, 0.3) is 5.91 Å². The van der Waals surface area contributed by atoms with Crippen LogP contribution in [0.15, 0.2) is 28.2 Å². The van der Waals surface area contributed by atoms with Gasteiger partial charge >= 0.3 is 12.2 Å². The second kappa shape index (κ2) is 31.9. The number of thioether (sulfide) groups is 2. The maximum absolute atomic E-state index is 13.2. The van der Waals surface area contributed by atoms with E-state index in [1.165, 1.54) is 0 Å². The summed E-state index contributed by atoms with van der Waals surface area (Å²) < 4.78 is 16.0. The summed E-state index contributed by atoms with van der Waals surface area (Å²) in [5.41, 5.74) is 0.524. The molecule has 21 heteroatoms. The summed E-state index contributed by atoms with van der Waals surface area (Å²) >= 11 is 3.75. The number of carbonyl (C=O) groups excluding carboxylic acids is 7. The number of carbonyl (C=O) groups is 7. The lowest BCUT2D eigenvalue weighted by atomic mass is 9.96. The average molecular weight is 1110 g/mol. The molecule has 6 unspecified atom stereocenters. The molecule has 4 heterocycles. The van der Waals surface area contributed by atoms with E-state index in [-0.39, 0.29) is 86.1 Å². The molecule has 19 nitrogen and oxygen atoms in total. The van der Waals surface area contributed by atoms with Crippen LogP contribution in [-0.2, 0) is 46.2 Å². The second-order valence-corrected chi connectivity index (χ2v) is 24.8. The first-order valence-corrected chi connectivity index (χ1v) is 29.7. The third kappa shape index (κ3) is 24.1. The van der Waals surface area contributed by atoms with E-state index in [1.54, 1.807) is 12.1 Å². The molecule has 0 bridgehead atoms. The Morgan fingerprint density at radius 2 is 1.06 bits per heavy atom. The van der Waals surface area contributed by atoms with Crippen LogP contribution in [0.3, 0.4) is 0 Å². The minimum absolute atomic E-state index is 0.0178. The number of terminal acetylenes is 1. The quantitative estimate of drug-likeness (QED) is 0.0312. The van der Waals surface area contributed by atoms with E-state index in [0.29, 0.717) is 90.7 Å². The number of ketones is 2. The van der Waals surface area contributed by atoms with Gasteiger partial charge in [0.15, 0.2) is 0 Å². The standard InChI is InChI=1S/C56H85N9O10S2/c1-8-28-73-29-27-59-50(70)39-31-37(33-40(66)19-11-9-17-25-57-46(68)23-15-13-21-44-48-42(35-76-44)60-51(62-48)64-53(71)74-55(2,3)4)30-38(32-39)34-41(67)20-12-10-18-26-58-47(69)24-16-14-22-45-49-43(36-77-45)61-52(63-49)65-54(72)75-56(5,6)7/h1,30-32,42-45,48-49H,9-29,33-36H2,2-7H3,(H,57,68)(H,58,69)(H,59,70)(H2,60,62,64,71)(H2,61,63,65,72). The molecule has 2 fully saturated rings. The van der Waals surface area contributed by atoms with Gasteiger partial charge in [0.2, 0.25) is 23.7 Å². The van der Waals surface area contributed by atoms with E-state index < -0.39 is 23.4 Å². The van der Waals surface area contributed by atoms with Crippen LogP contribution < -0.4 is 37.2 Å². The van der Waals surface area contributed by atoms with Crippen LogP contribution >= 0.6 is 23.5 Å². The van der Waals surface area contributed by atoms with E-state index in [1.807, 2.05) is 71.1 Å². The Kier molecular flexibility index (Phi) is 25.9. The molecular weight excluding hydrogens is 1020 g/mol. The number of hydrogen-bond acceptors (Lipinski definition) is 16. The number of nitrogens with zero attached hydrogens (tertiary/aromatic N) is 2. The molecule has 1 aromatic rings. The third-order valence-corrected chi connectivity index (χ3v) is 16.0. The fourth-order valence-corrected chi connectivity index (χ4v) is 12.5. The predicted molar refractivity (Wildman–Crippen MR) is 303 cm³/mol. The Morgan fingerprint density at radius 3 is 1.51 bits per heavy atom. The largest absolute Gasteiger partial charge is 0.444 e. The Hall–Kier alpha value is -5.33. The lowest BCUT2D eigenvalue weighted by Gasteiger charge is -2.19. The molecule has 4 aliphatic heterocycles. The summed E-state index contributed by atoms with van der Waals surface area (Å²) in [4.78, 5) is 98.4. The lowest BCUT2D eigenvalue weighted by Crippen LogP contribution is -2.44. The smallest absolute Gasteiger partial charge is 0.414 e. The Bertz CT molecular complexity index is 2140. The summed E-state index contributed by atoms with van der Waals surface area (Å²) in [7, 11) is 0. The molecule has 1 aromatic carbocycles. The van der Waals surface area contributed by atoms with Crippen LogP contribution in [-0.4, -0.2) is 144 Å². The minimum Gasteiger partial charge on any atom is -0.444 e. The van der Waals surface area contributed by atoms with Crippen molar-refractivity contribution in [3.8, 4) is 12.3 Å². The van der Waals surface area contributed by atoms with Crippen LogP contribution in [0.4, 0.5) is 9.59 Å². The highest BCUT2D eigenvalue weighted by atomic mass is 32.2. The van der Waals surface area contributed by atoms with Gasteiger partial charge in [0.05, 0.1) is 30.8 Å². The Morgan fingerprint density at radius 1 is 0.610 bits per heavy atom. The molecule has 6 atom stereocenters. The highest BCUT2D eigenvalue weighted by Gasteiger charge is 2.42. The van der Waals surface area contributed by atoms with Crippen LogP contribution in [0.5, 0.6) is 0 Å². The van der Waals surface area contributed by atoms with Crippen molar-refractivity contribution in [1.82, 2.24) is 37.2 Å². The fraction of sp³-hybridized carbons (Fsp3) is 0.696. The molecule has 5 amide bonds. The van der Waals surface area contributed by atoms with Gasteiger partial charge in [-0.15, -0.1) is 6.42 Å². The molecule has 0 aromatic heterocycles. The van der Waals surface area contributed by atoms with E-state index >= 15 is 0 Å². The Labute approximate surface area is 464 Å². The number of fused-ring (bicyclic) bond motifs is 2. The van der Waals surface area contributed by atoms with Crippen molar-refractivity contribution in [3.05, 3.63) is 34.9 Å². The van der Waals surface area contributed by atoms with E-state index in [2.05, 4.69) is 43.1 Å². The van der Waals surface area contributed by atoms with Crippen molar-refractivity contribution in [1.29, 1.82) is 0 Å². The predicted octanol–water partition coefficient (Wildman–Crippen LogP) is 6.44. The number of aliphatic imine (C=N–C) groups is 2. The average Bonchev–Trinajstić information content (AvgIpc) is 4.14. The normalized spacial score (nSPS) is 20.3. The van der Waals surface area contributed by atoms with Crippen molar-refractivity contribution < 1.29 is 47.8 Å². The third-order valence-electron chi connectivity index (χ3n) is 13.0. The van der Waals surface area contributed by atoms with Crippen molar-refractivity contribution in [2.45, 2.75) is 203 Å². The molecular formula is C56H85N9O10S2. The highest BCUT2D eigenvalue weighted by molar-refractivity contribution is 8.00.